The van der Waals surface area contributed by atoms with Gasteiger partial charge in [-0.25, -0.2) is 4.39 Å². The topological polar surface area (TPSA) is 20.3 Å². The number of nitrogens with zero attached hydrogens (tertiary/aromatic N) is 1. The maximum absolute atomic E-state index is 13.9. The van der Waals surface area contributed by atoms with Gasteiger partial charge in [0.15, 0.2) is 0 Å². The number of halogens is 2. The lowest BCUT2D eigenvalue weighted by atomic mass is 10.1. The number of rotatable bonds is 5. The van der Waals surface area contributed by atoms with E-state index in [1.54, 1.807) is 12.1 Å². The zero-order chi connectivity index (χ0) is 15.5. The Morgan fingerprint density at radius 1 is 1.14 bits per heavy atom. The molecule has 0 unspecified atom stereocenters. The van der Waals surface area contributed by atoms with Gasteiger partial charge in [-0.2, -0.15) is 0 Å². The van der Waals surface area contributed by atoms with E-state index in [0.717, 1.165) is 18.4 Å². The second kappa shape index (κ2) is 6.49. The predicted octanol–water partition coefficient (Wildman–Crippen LogP) is 4.21. The largest absolute Gasteiger partial charge is 0.335 e. The lowest BCUT2D eigenvalue weighted by Crippen LogP contribution is -2.34. The molecule has 0 N–H and O–H groups in total. The Bertz CT molecular complexity index is 650. The zero-order valence-electron chi connectivity index (χ0n) is 12.1. The zero-order valence-corrected chi connectivity index (χ0v) is 12.9. The minimum atomic E-state index is -0.420. The fourth-order valence-corrected chi connectivity index (χ4v) is 2.77. The molecule has 0 saturated heterocycles. The fourth-order valence-electron chi connectivity index (χ4n) is 2.54. The van der Waals surface area contributed by atoms with E-state index >= 15 is 0 Å². The fraction of sp³-hybridized carbons (Fsp3) is 0.278. The molecule has 1 fully saturated rings. The summed E-state index contributed by atoms with van der Waals surface area (Å²) in [7, 11) is 0. The Kier molecular flexibility index (Phi) is 4.44. The van der Waals surface area contributed by atoms with Crippen molar-refractivity contribution in [3.8, 4) is 0 Å². The Morgan fingerprint density at radius 3 is 2.50 bits per heavy atom. The summed E-state index contributed by atoms with van der Waals surface area (Å²) in [4.78, 5) is 14.4. The Morgan fingerprint density at radius 2 is 1.86 bits per heavy atom. The molecule has 1 aliphatic carbocycles. The molecule has 1 amide bonds. The number of hydrogen-bond acceptors (Lipinski definition) is 1. The molecule has 0 heterocycles. The molecule has 22 heavy (non-hydrogen) atoms. The quantitative estimate of drug-likeness (QED) is 0.809. The first-order chi connectivity index (χ1) is 10.6. The molecule has 4 heteroatoms. The first-order valence-corrected chi connectivity index (χ1v) is 7.79. The van der Waals surface area contributed by atoms with Gasteiger partial charge >= 0.3 is 0 Å². The molecule has 2 aromatic rings. The van der Waals surface area contributed by atoms with E-state index in [1.165, 1.54) is 6.07 Å². The molecule has 1 saturated carbocycles. The molecule has 3 rings (SSSR count). The predicted molar refractivity (Wildman–Crippen MR) is 85.1 cm³/mol. The summed E-state index contributed by atoms with van der Waals surface area (Å²) in [5.74, 6) is -0.491. The lowest BCUT2D eigenvalue weighted by molar-refractivity contribution is -0.131. The summed E-state index contributed by atoms with van der Waals surface area (Å²) in [6, 6.07) is 14.6. The van der Waals surface area contributed by atoms with Crippen LogP contribution in [-0.4, -0.2) is 16.8 Å². The standard InChI is InChI=1S/C18H17ClFNO/c19-16-7-4-8-17(20)15(16)11-18(22)21(14-9-10-14)12-13-5-2-1-3-6-13/h1-8,14H,9-12H2. The van der Waals surface area contributed by atoms with E-state index in [2.05, 4.69) is 0 Å². The van der Waals surface area contributed by atoms with Crippen molar-refractivity contribution in [2.24, 2.45) is 0 Å². The van der Waals surface area contributed by atoms with E-state index in [9.17, 15) is 9.18 Å². The van der Waals surface area contributed by atoms with E-state index in [-0.39, 0.29) is 23.9 Å². The smallest absolute Gasteiger partial charge is 0.227 e. The van der Waals surface area contributed by atoms with Crippen molar-refractivity contribution in [3.63, 3.8) is 0 Å². The third-order valence-electron chi connectivity index (χ3n) is 3.89. The molecule has 2 nitrogen and oxygen atoms in total. The van der Waals surface area contributed by atoms with Gasteiger partial charge in [0, 0.05) is 23.2 Å². The monoisotopic (exact) mass is 317 g/mol. The van der Waals surface area contributed by atoms with Crippen LogP contribution in [0.2, 0.25) is 5.02 Å². The summed E-state index contributed by atoms with van der Waals surface area (Å²) < 4.78 is 13.9. The Hall–Kier alpha value is -1.87. The normalized spacial score (nSPS) is 13.9. The van der Waals surface area contributed by atoms with Crippen LogP contribution in [0.15, 0.2) is 48.5 Å². The van der Waals surface area contributed by atoms with Crippen LogP contribution in [0.25, 0.3) is 0 Å². The van der Waals surface area contributed by atoms with Gasteiger partial charge in [0.1, 0.15) is 5.82 Å². The lowest BCUT2D eigenvalue weighted by Gasteiger charge is -2.23. The molecular weight excluding hydrogens is 301 g/mol. The van der Waals surface area contributed by atoms with Crippen LogP contribution < -0.4 is 0 Å². The molecule has 0 aromatic heterocycles. The van der Waals surface area contributed by atoms with Gasteiger partial charge in [-0.3, -0.25) is 4.79 Å². The second-order valence-electron chi connectivity index (χ2n) is 5.62. The highest BCUT2D eigenvalue weighted by Crippen LogP contribution is 2.30. The van der Waals surface area contributed by atoms with Gasteiger partial charge in [0.2, 0.25) is 5.91 Å². The number of amides is 1. The summed E-state index contributed by atoms with van der Waals surface area (Å²) in [5.41, 5.74) is 1.37. The van der Waals surface area contributed by atoms with E-state index in [4.69, 9.17) is 11.6 Å². The van der Waals surface area contributed by atoms with E-state index in [1.807, 2.05) is 35.2 Å². The van der Waals surface area contributed by atoms with E-state index in [0.29, 0.717) is 11.6 Å². The van der Waals surface area contributed by atoms with Crippen molar-refractivity contribution in [2.45, 2.75) is 31.8 Å². The summed E-state index contributed by atoms with van der Waals surface area (Å²) in [5, 5.41) is 0.309. The third-order valence-corrected chi connectivity index (χ3v) is 4.25. The van der Waals surface area contributed by atoms with Gasteiger partial charge in [0.25, 0.3) is 0 Å². The Labute approximate surface area is 134 Å². The first-order valence-electron chi connectivity index (χ1n) is 7.41. The van der Waals surface area contributed by atoms with E-state index < -0.39 is 5.82 Å². The van der Waals surface area contributed by atoms with Crippen LogP contribution in [0.4, 0.5) is 4.39 Å². The summed E-state index contributed by atoms with van der Waals surface area (Å²) in [6.07, 6.45) is 2.04. The summed E-state index contributed by atoms with van der Waals surface area (Å²) in [6.45, 7) is 0.566. The van der Waals surface area contributed by atoms with Crippen LogP contribution in [0.1, 0.15) is 24.0 Å². The summed E-state index contributed by atoms with van der Waals surface area (Å²) >= 11 is 6.02. The van der Waals surface area contributed by atoms with Gasteiger partial charge in [-0.1, -0.05) is 48.0 Å². The molecule has 0 aliphatic heterocycles. The molecule has 0 atom stereocenters. The molecule has 0 bridgehead atoms. The molecule has 2 aromatic carbocycles. The molecule has 0 radical (unpaired) electrons. The highest BCUT2D eigenvalue weighted by atomic mass is 35.5. The van der Waals surface area contributed by atoms with Crippen molar-refractivity contribution in [1.82, 2.24) is 4.90 Å². The highest BCUT2D eigenvalue weighted by Gasteiger charge is 2.32. The molecule has 1 aliphatic rings. The first kappa shape index (κ1) is 15.0. The molecule has 0 spiro atoms. The SMILES string of the molecule is O=C(Cc1c(F)cccc1Cl)N(Cc1ccccc1)C1CC1. The average molecular weight is 318 g/mol. The van der Waals surface area contributed by atoms with Crippen LogP contribution in [0.5, 0.6) is 0 Å². The van der Waals surface area contributed by atoms with Gasteiger partial charge < -0.3 is 4.90 Å². The van der Waals surface area contributed by atoms with Crippen molar-refractivity contribution in [1.29, 1.82) is 0 Å². The second-order valence-corrected chi connectivity index (χ2v) is 6.02. The van der Waals surface area contributed by atoms with Gasteiger partial charge in [-0.15, -0.1) is 0 Å². The number of carbonyl (C=O) groups excluding carboxylic acids is 1. The number of benzene rings is 2. The maximum Gasteiger partial charge on any atom is 0.227 e. The number of hydrogen-bond donors (Lipinski definition) is 0. The van der Waals surface area contributed by atoms with Gasteiger partial charge in [0.05, 0.1) is 6.42 Å². The highest BCUT2D eigenvalue weighted by molar-refractivity contribution is 6.31. The van der Waals surface area contributed by atoms with Crippen LogP contribution in [0.3, 0.4) is 0 Å². The van der Waals surface area contributed by atoms with Crippen molar-refractivity contribution in [3.05, 3.63) is 70.5 Å². The number of carbonyl (C=O) groups is 1. The molecular formula is C18H17ClFNO. The maximum atomic E-state index is 13.9. The van der Waals surface area contributed by atoms with Crippen molar-refractivity contribution < 1.29 is 9.18 Å². The minimum absolute atomic E-state index is 0.00877. The average Bonchev–Trinajstić information content (AvgIpc) is 3.34. The Balaban J connectivity index is 1.76. The third kappa shape index (κ3) is 3.47. The van der Waals surface area contributed by atoms with Crippen molar-refractivity contribution >= 4 is 17.5 Å². The van der Waals surface area contributed by atoms with Crippen LogP contribution in [0, 0.1) is 5.82 Å². The van der Waals surface area contributed by atoms with Crippen LogP contribution >= 0.6 is 11.6 Å². The van der Waals surface area contributed by atoms with Gasteiger partial charge in [-0.05, 0) is 30.5 Å². The minimum Gasteiger partial charge on any atom is -0.335 e. The van der Waals surface area contributed by atoms with Crippen molar-refractivity contribution in [2.75, 3.05) is 0 Å². The molecule has 114 valence electrons. The van der Waals surface area contributed by atoms with Crippen LogP contribution in [-0.2, 0) is 17.8 Å².